The number of aryl methyl sites for hydroxylation is 1. The first-order valence-corrected chi connectivity index (χ1v) is 26.9. The zero-order valence-corrected chi connectivity index (χ0v) is 42.5. The highest BCUT2D eigenvalue weighted by Gasteiger charge is 2.49. The van der Waals surface area contributed by atoms with Gasteiger partial charge in [-0.25, -0.2) is 4.39 Å². The van der Waals surface area contributed by atoms with Crippen molar-refractivity contribution in [3.63, 3.8) is 0 Å². The monoisotopic (exact) mass is 1010 g/mol. The Labute approximate surface area is 430 Å². The van der Waals surface area contributed by atoms with Crippen LogP contribution in [0.15, 0.2) is 54.7 Å². The molecule has 1 spiro atoms. The van der Waals surface area contributed by atoms with Gasteiger partial charge in [0.25, 0.3) is 11.8 Å². The van der Waals surface area contributed by atoms with Crippen molar-refractivity contribution in [1.82, 2.24) is 35.0 Å². The molecular formula is C57H66FN9O7. The lowest BCUT2D eigenvalue weighted by Crippen LogP contribution is -2.54. The van der Waals surface area contributed by atoms with E-state index in [1.165, 1.54) is 25.7 Å². The van der Waals surface area contributed by atoms with Gasteiger partial charge in [-0.05, 0) is 142 Å². The fraction of sp³-hybridized carbons (Fsp3) is 0.526. The van der Waals surface area contributed by atoms with Crippen LogP contribution in [0.4, 0.5) is 15.9 Å². The number of amides is 4. The van der Waals surface area contributed by atoms with Crippen molar-refractivity contribution in [3.05, 3.63) is 77.2 Å². The Morgan fingerprint density at radius 3 is 2.35 bits per heavy atom. The highest BCUT2D eigenvalue weighted by atomic mass is 19.1. The molecule has 4 amide bonds. The van der Waals surface area contributed by atoms with Gasteiger partial charge in [0.05, 0.1) is 28.7 Å². The lowest BCUT2D eigenvalue weighted by atomic mass is 9.57. The molecule has 0 radical (unpaired) electrons. The van der Waals surface area contributed by atoms with Crippen LogP contribution in [-0.4, -0.2) is 147 Å². The molecule has 4 saturated heterocycles. The summed E-state index contributed by atoms with van der Waals surface area (Å²) in [7, 11) is 0. The maximum Gasteiger partial charge on any atom is 0.319 e. The van der Waals surface area contributed by atoms with Crippen molar-refractivity contribution < 1.29 is 38.5 Å². The number of phenols is 1. The minimum Gasteiger partial charge on any atom is -0.508 e. The lowest BCUT2D eigenvalue weighted by Gasteiger charge is -2.55. The number of piperazine rings is 1. The average molecular weight is 1010 g/mol. The fourth-order valence-electron chi connectivity index (χ4n) is 13.7. The van der Waals surface area contributed by atoms with Gasteiger partial charge in [0.15, 0.2) is 5.82 Å². The van der Waals surface area contributed by atoms with E-state index in [-0.39, 0.29) is 41.2 Å². The molecule has 7 heterocycles. The van der Waals surface area contributed by atoms with Gasteiger partial charge >= 0.3 is 6.01 Å². The number of hydrogen-bond acceptors (Lipinski definition) is 14. The smallest absolute Gasteiger partial charge is 0.319 e. The number of rotatable bonds is 12. The van der Waals surface area contributed by atoms with Gasteiger partial charge in [-0.2, -0.15) is 9.97 Å². The summed E-state index contributed by atoms with van der Waals surface area (Å²) in [5, 5.41) is 26.3. The number of carbonyl (C=O) groups is 4. The molecule has 1 unspecified atom stereocenters. The molecule has 17 heteroatoms. The van der Waals surface area contributed by atoms with E-state index in [0.717, 1.165) is 111 Å². The van der Waals surface area contributed by atoms with Crippen LogP contribution in [0, 0.1) is 22.6 Å². The van der Waals surface area contributed by atoms with Gasteiger partial charge in [-0.1, -0.05) is 31.5 Å². The maximum atomic E-state index is 17.2. The Kier molecular flexibility index (Phi) is 12.4. The Hall–Kier alpha value is -6.30. The van der Waals surface area contributed by atoms with E-state index in [1.54, 1.807) is 30.5 Å². The number of ether oxygens (including phenoxy) is 1. The van der Waals surface area contributed by atoms with E-state index in [0.29, 0.717) is 65.3 Å². The summed E-state index contributed by atoms with van der Waals surface area (Å²) in [6.45, 7) is 12.9. The van der Waals surface area contributed by atoms with E-state index in [2.05, 4.69) is 26.9 Å². The molecule has 7 aliphatic rings. The minimum atomic E-state index is -0.977. The molecule has 6 fully saturated rings. The minimum absolute atomic E-state index is 0.0284. The number of aromatic nitrogens is 3. The first-order chi connectivity index (χ1) is 35.7. The van der Waals surface area contributed by atoms with Crippen molar-refractivity contribution in [3.8, 4) is 23.0 Å². The van der Waals surface area contributed by atoms with Crippen LogP contribution < -0.4 is 19.9 Å². The summed E-state index contributed by atoms with van der Waals surface area (Å²) in [5.41, 5.74) is 2.66. The van der Waals surface area contributed by atoms with Gasteiger partial charge in [0.2, 0.25) is 11.8 Å². The van der Waals surface area contributed by atoms with Gasteiger partial charge in [-0.15, -0.1) is 0 Å². The van der Waals surface area contributed by atoms with E-state index in [9.17, 15) is 29.4 Å². The number of anilines is 2. The van der Waals surface area contributed by atoms with Crippen LogP contribution in [0.1, 0.15) is 111 Å². The summed E-state index contributed by atoms with van der Waals surface area (Å²) in [5.74, 6) is -1.36. The van der Waals surface area contributed by atoms with Crippen LogP contribution in [0.25, 0.3) is 32.9 Å². The molecule has 74 heavy (non-hydrogen) atoms. The maximum absolute atomic E-state index is 17.2. The molecule has 16 nitrogen and oxygen atoms in total. The molecule has 388 valence electrons. The Bertz CT molecular complexity index is 3080. The van der Waals surface area contributed by atoms with Crippen molar-refractivity contribution in [2.24, 2.45) is 16.7 Å². The molecule has 12 rings (SSSR count). The molecule has 5 aliphatic heterocycles. The second-order valence-electron chi connectivity index (χ2n) is 23.1. The predicted molar refractivity (Wildman–Crippen MR) is 278 cm³/mol. The standard InChI is InChI=1S/C57H66FN9O7/c1-3-36-7-4-8-37-25-39(68)27-42(46(36)37)48-47(58)49-43(30-59-48)50(66-18-6-13-55(2,73)32-66)62-54(61-49)74-34-57(14-5-15-57)33-64-19-16-56(17-20-64)28-35(29-56)31-63-21-23-65(24-22-63)38-9-10-40-41(26-38)53(72)67(52(40)71)44-11-12-45(69)60-51(44)70/h4,7-10,25-27,30,35,44,68,73H,3,5-6,11-24,28-29,31-34H2,1-2H3,(H,60,69,70)/t44?,55-/m1/s1. The number of piperidine rings is 3. The largest absolute Gasteiger partial charge is 0.508 e. The number of hydrogen-bond donors (Lipinski definition) is 3. The molecule has 0 bridgehead atoms. The molecular weight excluding hydrogens is 942 g/mol. The van der Waals surface area contributed by atoms with Gasteiger partial charge in [0.1, 0.15) is 28.8 Å². The Balaban J connectivity index is 0.666. The molecule has 2 saturated carbocycles. The third-order valence-electron chi connectivity index (χ3n) is 17.8. The third kappa shape index (κ3) is 8.91. The molecule has 5 aromatic rings. The Morgan fingerprint density at radius 2 is 1.62 bits per heavy atom. The third-order valence-corrected chi connectivity index (χ3v) is 17.8. The second-order valence-corrected chi connectivity index (χ2v) is 23.1. The SMILES string of the molecule is CCc1cccc2cc(O)cc(-c3ncc4c(N5CCC[C@@](C)(O)C5)nc(OCC5(CN6CCC7(CC6)CC(CN6CCN(c8ccc9c(c8)C(=O)N(C8CCC(=O)NC8=O)C9=O)CC6)C7)CCC5)nc4c3F)c12. The predicted octanol–water partition coefficient (Wildman–Crippen LogP) is 6.87. The summed E-state index contributed by atoms with van der Waals surface area (Å²) >= 11 is 0. The quantitative estimate of drug-likeness (QED) is 0.110. The first-order valence-electron chi connectivity index (χ1n) is 26.9. The van der Waals surface area contributed by atoms with Crippen LogP contribution >= 0.6 is 0 Å². The summed E-state index contributed by atoms with van der Waals surface area (Å²) in [6, 6.07) is 13.7. The number of phenolic OH excluding ortho intramolecular Hbond substituents is 1. The number of nitrogens with zero attached hydrogens (tertiary/aromatic N) is 8. The van der Waals surface area contributed by atoms with Gasteiger partial charge in [0, 0.05) is 81.6 Å². The van der Waals surface area contributed by atoms with E-state index < -0.39 is 41.1 Å². The highest BCUT2D eigenvalue weighted by molar-refractivity contribution is 6.23. The number of carbonyl (C=O) groups excluding carboxylic acids is 4. The number of aliphatic hydroxyl groups is 1. The Morgan fingerprint density at radius 1 is 0.838 bits per heavy atom. The lowest BCUT2D eigenvalue weighted by molar-refractivity contribution is -0.136. The molecule has 2 atom stereocenters. The van der Waals surface area contributed by atoms with Crippen molar-refractivity contribution in [2.45, 2.75) is 103 Å². The highest BCUT2D eigenvalue weighted by Crippen LogP contribution is 2.54. The van der Waals surface area contributed by atoms with E-state index in [1.807, 2.05) is 36.1 Å². The second kappa shape index (κ2) is 18.8. The molecule has 2 aliphatic carbocycles. The summed E-state index contributed by atoms with van der Waals surface area (Å²) < 4.78 is 23.8. The van der Waals surface area contributed by atoms with Crippen molar-refractivity contribution in [2.75, 3.05) is 81.9 Å². The number of nitrogens with one attached hydrogen (secondary N) is 1. The topological polar surface area (TPSA) is 185 Å². The van der Waals surface area contributed by atoms with Crippen LogP contribution in [0.3, 0.4) is 0 Å². The van der Waals surface area contributed by atoms with Crippen LogP contribution in [-0.2, 0) is 16.0 Å². The molecule has 2 aromatic heterocycles. The zero-order valence-electron chi connectivity index (χ0n) is 42.5. The molecule has 3 aromatic carbocycles. The summed E-state index contributed by atoms with van der Waals surface area (Å²) in [4.78, 5) is 75.8. The normalized spacial score (nSPS) is 24.4. The van der Waals surface area contributed by atoms with Crippen molar-refractivity contribution in [1.29, 1.82) is 0 Å². The van der Waals surface area contributed by atoms with Crippen LogP contribution in [0.2, 0.25) is 0 Å². The number of aromatic hydroxyl groups is 1. The average Bonchev–Trinajstić information content (AvgIpc) is 3.62. The van der Waals surface area contributed by atoms with Gasteiger partial charge < -0.3 is 29.6 Å². The summed E-state index contributed by atoms with van der Waals surface area (Å²) in [6.07, 6.45) is 12.1. The molecule has 3 N–H and O–H groups in total. The zero-order chi connectivity index (χ0) is 51.1. The first kappa shape index (κ1) is 48.6. The number of halogens is 1. The number of β-amino-alcohol motifs (C(OH)–C–C–N with tert-alkyl or cyclic N) is 1. The van der Waals surface area contributed by atoms with Crippen LogP contribution in [0.5, 0.6) is 11.8 Å². The van der Waals surface area contributed by atoms with Crippen molar-refractivity contribution >= 4 is 56.8 Å². The van der Waals surface area contributed by atoms with E-state index in [4.69, 9.17) is 19.7 Å². The number of fused-ring (bicyclic) bond motifs is 3. The number of pyridine rings is 1. The van der Waals surface area contributed by atoms with E-state index >= 15 is 4.39 Å². The number of likely N-dealkylation sites (tertiary alicyclic amines) is 1. The number of imide groups is 2. The number of benzene rings is 3. The van der Waals surface area contributed by atoms with Gasteiger partial charge in [-0.3, -0.25) is 39.3 Å². The fourth-order valence-corrected chi connectivity index (χ4v) is 13.7.